The Balaban J connectivity index is -0.000000142. The molecule has 0 heterocycles. The van der Waals surface area contributed by atoms with Crippen LogP contribution in [0.15, 0.2) is 0 Å². The highest BCUT2D eigenvalue weighted by Gasteiger charge is 2.05. The van der Waals surface area contributed by atoms with Gasteiger partial charge in [0.05, 0.1) is 0 Å². The lowest BCUT2D eigenvalue weighted by Gasteiger charge is -1.71. The molecule has 0 spiro atoms. The van der Waals surface area contributed by atoms with Crippen molar-refractivity contribution in [2.24, 2.45) is 11.5 Å². The molecule has 0 bridgehead atoms. The van der Waals surface area contributed by atoms with E-state index in [9.17, 15) is 0 Å². The van der Waals surface area contributed by atoms with Gasteiger partial charge in [-0.05, 0) is 0 Å². The van der Waals surface area contributed by atoms with Crippen molar-refractivity contribution in [3.63, 3.8) is 0 Å². The Bertz CT molecular complexity index is 149. The second-order valence-electron chi connectivity index (χ2n) is 0.984. The summed E-state index contributed by atoms with van der Waals surface area (Å²) in [5.74, 6) is -0.333. The van der Waals surface area contributed by atoms with Gasteiger partial charge in [-0.25, -0.2) is 0 Å². The molecule has 0 saturated carbocycles. The molecule has 0 aliphatic carbocycles. The van der Waals surface area contributed by atoms with Gasteiger partial charge in [0.25, 0.3) is 0 Å². The van der Waals surface area contributed by atoms with E-state index in [1.807, 2.05) is 0 Å². The third-order valence-corrected chi connectivity index (χ3v) is 0.133. The van der Waals surface area contributed by atoms with Crippen LogP contribution in [0.2, 0.25) is 0 Å². The zero-order valence-corrected chi connectivity index (χ0v) is 5.80. The minimum absolute atomic E-state index is 0. The first-order chi connectivity index (χ1) is 4.86. The number of nitrogens with one attached hydrogen (secondary N) is 1. The Morgan fingerprint density at radius 3 is 1.42 bits per heavy atom. The van der Waals surface area contributed by atoms with Crippen molar-refractivity contribution in [1.29, 1.82) is 5.41 Å². The van der Waals surface area contributed by atoms with E-state index in [1.54, 1.807) is 0 Å². The number of nitrogens with two attached hydrogens (primary N) is 2. The molecule has 8 N–H and O–H groups in total. The van der Waals surface area contributed by atoms with Crippen LogP contribution in [0.3, 0.4) is 0 Å². The molecule has 0 aromatic rings. The molecule has 12 heavy (non-hydrogen) atoms. The fraction of sp³-hybridized carbons (Fsp3) is 0. The Hall–Kier alpha value is -2.17. The van der Waals surface area contributed by atoms with Crippen LogP contribution in [-0.2, 0) is 4.94 Å². The molecule has 0 aliphatic heterocycles. The molecule has 0 aromatic carbocycles. The summed E-state index contributed by atoms with van der Waals surface area (Å²) in [4.78, 5) is 20.6. The van der Waals surface area contributed by atoms with Gasteiger partial charge in [-0.2, -0.15) is 0 Å². The van der Waals surface area contributed by atoms with Crippen LogP contribution >= 0.6 is 0 Å². The Kier molecular flexibility index (Phi) is 12.1. The number of hydrogen-bond donors (Lipinski definition) is 4. The van der Waals surface area contributed by atoms with Crippen molar-refractivity contribution in [3.05, 3.63) is 20.2 Å². The number of rotatable bonds is 2. The highest BCUT2D eigenvalue weighted by atomic mass is 17.1. The molecule has 0 fully saturated rings. The third kappa shape index (κ3) is 109. The summed E-state index contributed by atoms with van der Waals surface area (Å²) in [6.07, 6.45) is 0. The molecule has 0 saturated heterocycles. The molecule has 0 unspecified atom stereocenters. The third-order valence-electron chi connectivity index (χ3n) is 0.133. The predicted octanol–water partition coefficient (Wildman–Crippen LogP) is -1.61. The van der Waals surface area contributed by atoms with Crippen LogP contribution in [0, 0.1) is 25.6 Å². The summed E-state index contributed by atoms with van der Waals surface area (Å²) in [7, 11) is 0. The summed E-state index contributed by atoms with van der Waals surface area (Å²) in [6, 6.07) is 0. The van der Waals surface area contributed by atoms with E-state index < -0.39 is 10.2 Å². The van der Waals surface area contributed by atoms with Gasteiger partial charge in [0.15, 0.2) is 5.96 Å². The maximum Gasteiger partial charge on any atom is 0.356 e. The molecule has 72 valence electrons. The number of nitrogens with zero attached hydrogens (tertiary/aromatic N) is 2. The summed E-state index contributed by atoms with van der Waals surface area (Å²) in [5.41, 5.74) is 8.94. The van der Waals surface area contributed by atoms with E-state index in [0.29, 0.717) is 0 Å². The lowest BCUT2D eigenvalue weighted by molar-refractivity contribution is -1.03. The van der Waals surface area contributed by atoms with Gasteiger partial charge in [0.1, 0.15) is 0 Å². The zero-order valence-electron chi connectivity index (χ0n) is 5.80. The van der Waals surface area contributed by atoms with Crippen molar-refractivity contribution >= 4 is 5.96 Å². The zero-order chi connectivity index (χ0) is 9.44. The first-order valence-electron chi connectivity index (χ1n) is 1.92. The van der Waals surface area contributed by atoms with Crippen LogP contribution in [0.5, 0.6) is 0 Å². The van der Waals surface area contributed by atoms with Gasteiger partial charge in [-0.1, -0.05) is 0 Å². The van der Waals surface area contributed by atoms with Gasteiger partial charge >= 0.3 is 10.2 Å². The molecule has 0 rings (SSSR count). The molecule has 0 aliphatic rings. The molecule has 11 nitrogen and oxygen atoms in total. The van der Waals surface area contributed by atoms with Crippen molar-refractivity contribution in [3.8, 4) is 0 Å². The SMILES string of the molecule is N.N=C(N)N.O=[N+]([O-])O[N+](=O)[O-]. The van der Waals surface area contributed by atoms with Gasteiger partial charge < -0.3 is 17.6 Å². The van der Waals surface area contributed by atoms with E-state index in [0.717, 1.165) is 0 Å². The smallest absolute Gasteiger partial charge is 0.356 e. The first-order valence-corrected chi connectivity index (χ1v) is 1.92. The van der Waals surface area contributed by atoms with Crippen molar-refractivity contribution in [1.82, 2.24) is 6.15 Å². The van der Waals surface area contributed by atoms with Crippen molar-refractivity contribution < 1.29 is 15.1 Å². The van der Waals surface area contributed by atoms with Crippen LogP contribution in [0.25, 0.3) is 0 Å². The average molecular weight is 184 g/mol. The minimum Gasteiger partial charge on any atom is -0.370 e. The average Bonchev–Trinajstić information content (AvgIpc) is 1.56. The lowest BCUT2D eigenvalue weighted by Crippen LogP contribution is -2.20. The lowest BCUT2D eigenvalue weighted by atomic mass is 11.1. The monoisotopic (exact) mass is 184 g/mol. The summed E-state index contributed by atoms with van der Waals surface area (Å²) < 4.78 is 0. The van der Waals surface area contributed by atoms with Gasteiger partial charge in [-0.15, -0.1) is 20.2 Å². The normalized spacial score (nSPS) is 6.33. The van der Waals surface area contributed by atoms with E-state index in [1.165, 1.54) is 0 Å². The summed E-state index contributed by atoms with van der Waals surface area (Å²) in [5, 5.41) is 21.0. The highest BCUT2D eigenvalue weighted by Crippen LogP contribution is 1.70. The van der Waals surface area contributed by atoms with E-state index >= 15 is 0 Å². The largest absolute Gasteiger partial charge is 0.370 e. The second-order valence-corrected chi connectivity index (χ2v) is 0.984. The fourth-order valence-electron chi connectivity index (χ4n) is 0.0544. The minimum atomic E-state index is -1.50. The topological polar surface area (TPSA) is 206 Å². The van der Waals surface area contributed by atoms with Crippen LogP contribution < -0.4 is 17.6 Å². The Morgan fingerprint density at radius 1 is 1.25 bits per heavy atom. The van der Waals surface area contributed by atoms with Crippen LogP contribution in [0.4, 0.5) is 0 Å². The maximum absolute atomic E-state index is 8.95. The molecular weight excluding hydrogens is 176 g/mol. The molecule has 11 heteroatoms. The Labute approximate surface area is 65.6 Å². The maximum atomic E-state index is 8.95. The standard InChI is InChI=1S/CH5N3.N2O5.H3N/c2-1(3)4;3-1(4)7-2(5)6;/h(H5,2,3,4);;1H3. The first kappa shape index (κ1) is 16.4. The highest BCUT2D eigenvalue weighted by molar-refractivity contribution is 5.71. The molecule has 0 amide bonds. The number of hydrogen-bond acceptors (Lipinski definition) is 7. The van der Waals surface area contributed by atoms with Gasteiger partial charge in [0.2, 0.25) is 0 Å². The van der Waals surface area contributed by atoms with E-state index in [-0.39, 0.29) is 12.1 Å². The van der Waals surface area contributed by atoms with Gasteiger partial charge in [0, 0.05) is 4.94 Å². The van der Waals surface area contributed by atoms with Crippen molar-refractivity contribution in [2.75, 3.05) is 0 Å². The van der Waals surface area contributed by atoms with Crippen LogP contribution in [-0.4, -0.2) is 16.1 Å². The van der Waals surface area contributed by atoms with Crippen molar-refractivity contribution in [2.45, 2.75) is 0 Å². The summed E-state index contributed by atoms with van der Waals surface area (Å²) >= 11 is 0. The predicted molar refractivity (Wildman–Crippen MR) is 36.2 cm³/mol. The van der Waals surface area contributed by atoms with Gasteiger partial charge in [-0.3, -0.25) is 5.41 Å². The van der Waals surface area contributed by atoms with E-state index in [4.69, 9.17) is 25.6 Å². The second kappa shape index (κ2) is 8.83. The fourth-order valence-corrected chi connectivity index (χ4v) is 0.0544. The molecular formula is CH8N6O5. The molecule has 0 aromatic heterocycles. The summed E-state index contributed by atoms with van der Waals surface area (Å²) in [6.45, 7) is 0. The quantitative estimate of drug-likeness (QED) is 0.169. The number of guanidine groups is 1. The van der Waals surface area contributed by atoms with E-state index in [2.05, 4.69) is 16.4 Å². The van der Waals surface area contributed by atoms with Crippen LogP contribution in [0.1, 0.15) is 0 Å². The Morgan fingerprint density at radius 2 is 1.42 bits per heavy atom. The molecule has 0 radical (unpaired) electrons. The molecule has 0 atom stereocenters.